The van der Waals surface area contributed by atoms with E-state index in [0.29, 0.717) is 28.8 Å². The van der Waals surface area contributed by atoms with Crippen LogP contribution in [0.4, 0.5) is 0 Å². The summed E-state index contributed by atoms with van der Waals surface area (Å²) < 4.78 is 6.24. The molecule has 0 amide bonds. The van der Waals surface area contributed by atoms with Crippen LogP contribution in [0.1, 0.15) is 16.8 Å². The smallest absolute Gasteiger partial charge is 0.345 e. The third-order valence-electron chi connectivity index (χ3n) is 5.56. The van der Waals surface area contributed by atoms with Gasteiger partial charge in [-0.25, -0.2) is 4.79 Å². The van der Waals surface area contributed by atoms with Crippen molar-refractivity contribution >= 4 is 22.7 Å². The van der Waals surface area contributed by atoms with Crippen LogP contribution >= 0.6 is 0 Å². The number of hydrogen-bond donors (Lipinski definition) is 1. The van der Waals surface area contributed by atoms with E-state index < -0.39 is 5.97 Å². The monoisotopic (exact) mass is 333 g/mol. The molecule has 1 aromatic carbocycles. The molecule has 2 unspecified atom stereocenters. The van der Waals surface area contributed by atoms with Crippen molar-refractivity contribution in [3.63, 3.8) is 0 Å². The Kier molecular flexibility index (Phi) is 2.77. The zero-order valence-corrected chi connectivity index (χ0v) is 13.8. The van der Waals surface area contributed by atoms with E-state index in [2.05, 4.69) is 11.1 Å². The number of carbonyl (C=O) groups excluding carboxylic acids is 2. The molecule has 0 aliphatic carbocycles. The van der Waals surface area contributed by atoms with Crippen molar-refractivity contribution in [2.45, 2.75) is 6.42 Å². The number of para-hydroxylation sites is 1. The summed E-state index contributed by atoms with van der Waals surface area (Å²) in [5.74, 6) is -0.111. The number of nitrogens with one attached hydrogen (secondary N) is 1. The number of likely N-dealkylation sites (N-methyl/N-ethyl adjacent to an activating group) is 1. The first-order valence-electron chi connectivity index (χ1n) is 8.37. The van der Waals surface area contributed by atoms with Gasteiger partial charge in [0.15, 0.2) is 17.2 Å². The van der Waals surface area contributed by atoms with Gasteiger partial charge >= 0.3 is 5.97 Å². The molecule has 4 aliphatic rings. The van der Waals surface area contributed by atoms with Gasteiger partial charge in [0.25, 0.3) is 0 Å². The van der Waals surface area contributed by atoms with Crippen LogP contribution in [-0.4, -0.2) is 34.8 Å². The molecule has 0 radical (unpaired) electrons. The molecule has 5 nitrogen and oxygen atoms in total. The van der Waals surface area contributed by atoms with E-state index in [1.807, 2.05) is 43.5 Å². The number of piperidine rings is 1. The van der Waals surface area contributed by atoms with Crippen LogP contribution in [-0.2, 0) is 9.53 Å². The number of carbonyl (C=O) groups is 2. The number of benzene rings is 1. The van der Waals surface area contributed by atoms with Crippen molar-refractivity contribution in [3.8, 4) is 0 Å². The molecule has 1 fully saturated rings. The molecule has 0 spiro atoms. The fourth-order valence-electron chi connectivity index (χ4n) is 4.20. The van der Waals surface area contributed by atoms with Gasteiger partial charge in [0.05, 0.1) is 18.5 Å². The number of Topliss-reactive ketones (excluding diaryl/α,β-unsaturated/α-hetero) is 1. The van der Waals surface area contributed by atoms with Gasteiger partial charge in [-0.2, -0.15) is 0 Å². The van der Waals surface area contributed by atoms with Crippen molar-refractivity contribution in [2.24, 2.45) is 5.92 Å². The number of rotatable bonds is 2. The minimum Gasteiger partial charge on any atom is -0.420 e. The minimum atomic E-state index is -0.419. The molecule has 25 heavy (non-hydrogen) atoms. The minimum absolute atomic E-state index is 0.139. The number of fused-ring (bicyclic) bond motifs is 2. The number of quaternary nitrogens is 1. The normalized spacial score (nSPS) is 27.0. The number of ketones is 1. The Morgan fingerprint density at radius 1 is 1.32 bits per heavy atom. The van der Waals surface area contributed by atoms with Gasteiger partial charge in [-0.15, -0.1) is 0 Å². The molecule has 1 aromatic heterocycles. The number of aromatic nitrogens is 1. The number of ether oxygens (including phenoxy) is 1. The van der Waals surface area contributed by atoms with Crippen molar-refractivity contribution < 1.29 is 18.8 Å². The van der Waals surface area contributed by atoms with Crippen molar-refractivity contribution in [2.75, 3.05) is 13.6 Å². The lowest BCUT2D eigenvalue weighted by Crippen LogP contribution is -2.57. The fourth-order valence-corrected chi connectivity index (χ4v) is 4.20. The van der Waals surface area contributed by atoms with Crippen LogP contribution in [0, 0.1) is 5.92 Å². The maximum atomic E-state index is 12.8. The Morgan fingerprint density at radius 2 is 2.16 bits per heavy atom. The quantitative estimate of drug-likeness (QED) is 0.679. The van der Waals surface area contributed by atoms with E-state index >= 15 is 0 Å². The van der Waals surface area contributed by atoms with E-state index in [-0.39, 0.29) is 11.7 Å². The van der Waals surface area contributed by atoms with Gasteiger partial charge in [0.2, 0.25) is 0 Å². The predicted molar refractivity (Wildman–Crippen MR) is 92.1 cm³/mol. The molecule has 2 atom stereocenters. The molecule has 6 rings (SSSR count). The number of esters is 1. The zero-order valence-electron chi connectivity index (χ0n) is 13.8. The highest BCUT2D eigenvalue weighted by molar-refractivity contribution is 6.04. The predicted octanol–water partition coefficient (Wildman–Crippen LogP) is 3.04. The van der Waals surface area contributed by atoms with Crippen LogP contribution in [0.3, 0.4) is 0 Å². The summed E-state index contributed by atoms with van der Waals surface area (Å²) in [6, 6.07) is 7.60. The van der Waals surface area contributed by atoms with E-state index in [4.69, 9.17) is 4.74 Å². The van der Waals surface area contributed by atoms with Crippen LogP contribution in [0.5, 0.6) is 0 Å². The molecule has 0 saturated carbocycles. The summed E-state index contributed by atoms with van der Waals surface area (Å²) in [7, 11) is 2.01. The lowest BCUT2D eigenvalue weighted by atomic mass is 9.81. The summed E-state index contributed by atoms with van der Waals surface area (Å²) >= 11 is 0. The van der Waals surface area contributed by atoms with Gasteiger partial charge < -0.3 is 9.72 Å². The Hall–Kier alpha value is -2.92. The number of allylic oxidation sites excluding steroid dienone is 5. The molecule has 1 saturated heterocycles. The van der Waals surface area contributed by atoms with Gasteiger partial charge in [-0.1, -0.05) is 24.3 Å². The van der Waals surface area contributed by atoms with E-state index in [0.717, 1.165) is 16.6 Å². The van der Waals surface area contributed by atoms with Gasteiger partial charge in [-0.3, -0.25) is 9.28 Å². The van der Waals surface area contributed by atoms with Crippen molar-refractivity contribution in [1.29, 1.82) is 0 Å². The number of hydrogen-bond acceptors (Lipinski definition) is 3. The Labute approximate surface area is 144 Å². The lowest BCUT2D eigenvalue weighted by molar-refractivity contribution is -0.832. The average Bonchev–Trinajstić information content (AvgIpc) is 3.00. The largest absolute Gasteiger partial charge is 0.420 e. The van der Waals surface area contributed by atoms with Gasteiger partial charge in [0.1, 0.15) is 12.2 Å². The molecular formula is C20H17N2O3+. The maximum absolute atomic E-state index is 12.8. The van der Waals surface area contributed by atoms with Crippen molar-refractivity contribution in [3.05, 3.63) is 71.4 Å². The molecule has 1 N–H and O–H groups in total. The molecule has 5 heterocycles. The summed E-state index contributed by atoms with van der Waals surface area (Å²) in [6.07, 6.45) is 8.29. The summed E-state index contributed by atoms with van der Waals surface area (Å²) in [5.41, 5.74) is 3.50. The first kappa shape index (κ1) is 14.4. The highest BCUT2D eigenvalue weighted by atomic mass is 16.5. The topological polar surface area (TPSA) is 59.2 Å². The number of aromatic amines is 1. The SMILES string of the molecule is C[N+]12CC(=O)C3CC1=CC=CC2=C3OC(=O)c1c[nH]c2ccccc12. The van der Waals surface area contributed by atoms with Crippen LogP contribution < -0.4 is 0 Å². The Morgan fingerprint density at radius 3 is 3.04 bits per heavy atom. The number of H-pyrrole nitrogens is 1. The van der Waals surface area contributed by atoms with Gasteiger partial charge in [-0.05, 0) is 12.1 Å². The van der Waals surface area contributed by atoms with Crippen LogP contribution in [0.25, 0.3) is 10.9 Å². The second-order valence-corrected chi connectivity index (χ2v) is 6.98. The molecule has 4 aliphatic heterocycles. The van der Waals surface area contributed by atoms with Crippen LogP contribution in [0.2, 0.25) is 0 Å². The summed E-state index contributed by atoms with van der Waals surface area (Å²) in [6.45, 7) is 0.435. The molecule has 2 aromatic rings. The first-order valence-corrected chi connectivity index (χ1v) is 8.37. The summed E-state index contributed by atoms with van der Waals surface area (Å²) in [5, 5.41) is 0.825. The van der Waals surface area contributed by atoms with Crippen LogP contribution in [0.15, 0.2) is 65.8 Å². The Balaban J connectivity index is 1.58. The third-order valence-corrected chi connectivity index (χ3v) is 5.56. The average molecular weight is 333 g/mol. The highest BCUT2D eigenvalue weighted by Gasteiger charge is 2.54. The number of nitrogens with zero attached hydrogens (tertiary/aromatic N) is 1. The summed E-state index contributed by atoms with van der Waals surface area (Å²) in [4.78, 5) is 28.4. The van der Waals surface area contributed by atoms with E-state index in [1.54, 1.807) is 6.20 Å². The zero-order chi connectivity index (χ0) is 17.2. The molecule has 4 bridgehead atoms. The fraction of sp³-hybridized carbons (Fsp3) is 0.200. The third kappa shape index (κ3) is 1.87. The Bertz CT molecular complexity index is 1040. The first-order chi connectivity index (χ1) is 12.1. The van der Waals surface area contributed by atoms with E-state index in [9.17, 15) is 9.59 Å². The van der Waals surface area contributed by atoms with E-state index in [1.165, 1.54) is 5.70 Å². The standard InChI is InChI=1S/C20H16N2O3/c1-22-11-18(23)14-9-12(22)5-4-8-17(22)19(14)25-20(24)15-10-21-16-7-3-2-6-13(15)16/h2-8,10,14H,9,11H2,1H3/p+1. The molecule has 5 heteroatoms. The molecular weight excluding hydrogens is 316 g/mol. The lowest BCUT2D eigenvalue weighted by Gasteiger charge is -2.47. The molecule has 124 valence electrons. The second-order valence-electron chi connectivity index (χ2n) is 6.98. The highest BCUT2D eigenvalue weighted by Crippen LogP contribution is 2.47. The van der Waals surface area contributed by atoms with Crippen molar-refractivity contribution in [1.82, 2.24) is 4.98 Å². The maximum Gasteiger partial charge on any atom is 0.345 e. The second kappa shape index (κ2) is 4.80. The van der Waals surface area contributed by atoms with Gasteiger partial charge in [0, 0.05) is 29.6 Å².